The highest BCUT2D eigenvalue weighted by Gasteiger charge is 2.23. The van der Waals surface area contributed by atoms with E-state index < -0.39 is 0 Å². The lowest BCUT2D eigenvalue weighted by Gasteiger charge is -2.14. The fourth-order valence-corrected chi connectivity index (χ4v) is 2.33. The van der Waals surface area contributed by atoms with E-state index in [0.717, 1.165) is 18.0 Å². The van der Waals surface area contributed by atoms with Crippen LogP contribution < -0.4 is 5.32 Å². The van der Waals surface area contributed by atoms with Gasteiger partial charge in [-0.25, -0.2) is 0 Å². The Morgan fingerprint density at radius 3 is 2.88 bits per heavy atom. The summed E-state index contributed by atoms with van der Waals surface area (Å²) in [6.07, 6.45) is 3.79. The fraction of sp³-hybridized carbons (Fsp3) is 0.500. The predicted molar refractivity (Wildman–Crippen MR) is 71.2 cm³/mol. The van der Waals surface area contributed by atoms with E-state index in [0.29, 0.717) is 10.5 Å². The van der Waals surface area contributed by atoms with E-state index in [4.69, 9.17) is 0 Å². The normalized spacial score (nSPS) is 16.6. The van der Waals surface area contributed by atoms with Crippen molar-refractivity contribution in [1.29, 1.82) is 0 Å². The van der Waals surface area contributed by atoms with Crippen molar-refractivity contribution < 1.29 is 4.92 Å². The molecule has 1 unspecified atom stereocenters. The first kappa shape index (κ1) is 12.4. The molecule has 2 rings (SSSR count). The van der Waals surface area contributed by atoms with E-state index in [9.17, 15) is 10.1 Å². The van der Waals surface area contributed by atoms with Crippen molar-refractivity contribution in [3.8, 4) is 0 Å². The van der Waals surface area contributed by atoms with Gasteiger partial charge in [-0.3, -0.25) is 10.1 Å². The summed E-state index contributed by atoms with van der Waals surface area (Å²) in [5.41, 5.74) is 0.918. The topological polar surface area (TPSA) is 55.2 Å². The van der Waals surface area contributed by atoms with Gasteiger partial charge in [-0.2, -0.15) is 0 Å². The number of nitrogens with one attached hydrogen (secondary N) is 1. The number of rotatable bonds is 5. The third-order valence-electron chi connectivity index (χ3n) is 2.94. The van der Waals surface area contributed by atoms with Gasteiger partial charge in [-0.1, -0.05) is 12.8 Å². The van der Waals surface area contributed by atoms with Gasteiger partial charge in [-0.15, -0.1) is 0 Å². The first-order valence-electron chi connectivity index (χ1n) is 5.76. The predicted octanol–water partition coefficient (Wildman–Crippen LogP) is 3.96. The molecule has 0 heterocycles. The van der Waals surface area contributed by atoms with Gasteiger partial charge in [0.1, 0.15) is 0 Å². The molecule has 5 heteroatoms. The summed E-state index contributed by atoms with van der Waals surface area (Å²) < 4.78 is 0.517. The minimum atomic E-state index is -0.374. The monoisotopic (exact) mass is 298 g/mol. The Morgan fingerprint density at radius 2 is 2.29 bits per heavy atom. The van der Waals surface area contributed by atoms with Crippen LogP contribution in [0, 0.1) is 16.0 Å². The molecule has 17 heavy (non-hydrogen) atoms. The number of hydrogen-bond acceptors (Lipinski definition) is 3. The maximum absolute atomic E-state index is 10.8. The molecule has 1 atom stereocenters. The van der Waals surface area contributed by atoms with Crippen molar-refractivity contribution in [2.45, 2.75) is 32.2 Å². The second-order valence-electron chi connectivity index (χ2n) is 4.65. The highest BCUT2D eigenvalue weighted by atomic mass is 79.9. The molecule has 0 radical (unpaired) electrons. The molecule has 0 spiro atoms. The zero-order chi connectivity index (χ0) is 12.4. The van der Waals surface area contributed by atoms with E-state index >= 15 is 0 Å². The second kappa shape index (κ2) is 5.04. The summed E-state index contributed by atoms with van der Waals surface area (Å²) in [7, 11) is 0. The van der Waals surface area contributed by atoms with Crippen molar-refractivity contribution in [1.82, 2.24) is 0 Å². The molecule has 1 aromatic carbocycles. The van der Waals surface area contributed by atoms with Gasteiger partial charge < -0.3 is 5.32 Å². The zero-order valence-corrected chi connectivity index (χ0v) is 11.2. The van der Waals surface area contributed by atoms with Crippen LogP contribution in [0.4, 0.5) is 11.4 Å². The van der Waals surface area contributed by atoms with Crippen LogP contribution in [0.25, 0.3) is 0 Å². The van der Waals surface area contributed by atoms with Gasteiger partial charge in [0.05, 0.1) is 9.40 Å². The van der Waals surface area contributed by atoms with Gasteiger partial charge in [0.2, 0.25) is 0 Å². The zero-order valence-electron chi connectivity index (χ0n) is 9.65. The summed E-state index contributed by atoms with van der Waals surface area (Å²) in [5, 5.41) is 14.1. The van der Waals surface area contributed by atoms with Gasteiger partial charge in [-0.05, 0) is 47.3 Å². The number of benzene rings is 1. The van der Waals surface area contributed by atoms with Crippen LogP contribution >= 0.6 is 15.9 Å². The first-order chi connectivity index (χ1) is 8.06. The maximum Gasteiger partial charge on any atom is 0.285 e. The fourth-order valence-electron chi connectivity index (χ4n) is 1.94. The van der Waals surface area contributed by atoms with Crippen molar-refractivity contribution >= 4 is 27.3 Å². The van der Waals surface area contributed by atoms with E-state index in [1.54, 1.807) is 12.1 Å². The Hall–Kier alpha value is -1.10. The van der Waals surface area contributed by atoms with Gasteiger partial charge in [0.25, 0.3) is 5.69 Å². The Bertz CT molecular complexity index is 433. The summed E-state index contributed by atoms with van der Waals surface area (Å²) in [6, 6.07) is 5.52. The minimum absolute atomic E-state index is 0.105. The number of nitrogens with zero attached hydrogens (tertiary/aromatic N) is 1. The van der Waals surface area contributed by atoms with E-state index in [1.165, 1.54) is 12.8 Å². The van der Waals surface area contributed by atoms with Gasteiger partial charge in [0, 0.05) is 17.8 Å². The highest BCUT2D eigenvalue weighted by molar-refractivity contribution is 9.10. The molecule has 0 aliphatic heterocycles. The Kier molecular flexibility index (Phi) is 3.66. The van der Waals surface area contributed by atoms with Gasteiger partial charge in [0.15, 0.2) is 0 Å². The highest BCUT2D eigenvalue weighted by Crippen LogP contribution is 2.34. The molecule has 0 bridgehead atoms. The third kappa shape index (κ3) is 3.43. The van der Waals surface area contributed by atoms with Crippen molar-refractivity contribution in [2.24, 2.45) is 5.92 Å². The average molecular weight is 299 g/mol. The lowest BCUT2D eigenvalue weighted by atomic mass is 10.1. The molecular weight excluding hydrogens is 284 g/mol. The van der Waals surface area contributed by atoms with Crippen LogP contribution in [0.1, 0.15) is 26.2 Å². The van der Waals surface area contributed by atoms with Crippen molar-refractivity contribution in [3.63, 3.8) is 0 Å². The lowest BCUT2D eigenvalue weighted by Crippen LogP contribution is -2.15. The summed E-state index contributed by atoms with van der Waals surface area (Å²) >= 11 is 3.18. The van der Waals surface area contributed by atoms with E-state index in [1.807, 2.05) is 6.07 Å². The standard InChI is InChI=1S/C12H15BrN2O2/c1-8(6-9-2-3-9)14-10-4-5-11(13)12(7-10)15(16)17/h4-5,7-9,14H,2-3,6H2,1H3. The van der Waals surface area contributed by atoms with Crippen LogP contribution in [-0.2, 0) is 0 Å². The summed E-state index contributed by atoms with van der Waals surface area (Å²) in [6.45, 7) is 2.12. The number of hydrogen-bond donors (Lipinski definition) is 1. The molecule has 1 aromatic rings. The molecule has 1 N–H and O–H groups in total. The van der Waals surface area contributed by atoms with Crippen LogP contribution in [0.2, 0.25) is 0 Å². The van der Waals surface area contributed by atoms with Crippen LogP contribution in [0.3, 0.4) is 0 Å². The number of nitro benzene ring substituents is 1. The van der Waals surface area contributed by atoms with Gasteiger partial charge >= 0.3 is 0 Å². The lowest BCUT2D eigenvalue weighted by molar-refractivity contribution is -0.385. The molecule has 4 nitrogen and oxygen atoms in total. The smallest absolute Gasteiger partial charge is 0.285 e. The molecular formula is C12H15BrN2O2. The molecule has 1 fully saturated rings. The van der Waals surface area contributed by atoms with Crippen LogP contribution in [-0.4, -0.2) is 11.0 Å². The quantitative estimate of drug-likeness (QED) is 0.661. The maximum atomic E-state index is 10.8. The molecule has 1 aliphatic rings. The molecule has 0 amide bonds. The summed E-state index contributed by atoms with van der Waals surface area (Å²) in [4.78, 5) is 10.4. The molecule has 1 saturated carbocycles. The number of halogens is 1. The number of nitro groups is 1. The molecule has 1 aliphatic carbocycles. The van der Waals surface area contributed by atoms with Crippen LogP contribution in [0.15, 0.2) is 22.7 Å². The molecule has 0 saturated heterocycles. The molecule has 92 valence electrons. The largest absolute Gasteiger partial charge is 0.382 e. The van der Waals surface area contributed by atoms with Crippen LogP contribution in [0.5, 0.6) is 0 Å². The third-order valence-corrected chi connectivity index (χ3v) is 3.61. The van der Waals surface area contributed by atoms with Crippen molar-refractivity contribution in [3.05, 3.63) is 32.8 Å². The van der Waals surface area contributed by atoms with Crippen molar-refractivity contribution in [2.75, 3.05) is 5.32 Å². The van der Waals surface area contributed by atoms with E-state index in [2.05, 4.69) is 28.2 Å². The summed E-state index contributed by atoms with van der Waals surface area (Å²) in [5.74, 6) is 0.850. The minimum Gasteiger partial charge on any atom is -0.382 e. The Morgan fingerprint density at radius 1 is 1.59 bits per heavy atom. The Labute approximate surface area is 109 Å². The average Bonchev–Trinajstić information content (AvgIpc) is 3.04. The SMILES string of the molecule is CC(CC1CC1)Nc1ccc(Br)c([N+](=O)[O-])c1. The van der Waals surface area contributed by atoms with E-state index in [-0.39, 0.29) is 10.6 Å². The second-order valence-corrected chi connectivity index (χ2v) is 5.50. The molecule has 0 aromatic heterocycles. The first-order valence-corrected chi connectivity index (χ1v) is 6.56. The Balaban J connectivity index is 2.04. The number of anilines is 1.